The molecule has 1 saturated heterocycles. The third-order valence-corrected chi connectivity index (χ3v) is 4.46. The van der Waals surface area contributed by atoms with Crippen molar-refractivity contribution in [2.75, 3.05) is 31.7 Å². The van der Waals surface area contributed by atoms with Crippen LogP contribution in [0.4, 0.5) is 10.5 Å². The number of hydrogen-bond acceptors (Lipinski definition) is 5. The summed E-state index contributed by atoms with van der Waals surface area (Å²) < 4.78 is 15.8. The Balaban J connectivity index is 1.36. The van der Waals surface area contributed by atoms with Crippen LogP contribution in [-0.4, -0.2) is 38.8 Å². The molecule has 146 valence electrons. The summed E-state index contributed by atoms with van der Waals surface area (Å²) in [6.07, 6.45) is -0.338. The van der Waals surface area contributed by atoms with E-state index in [0.717, 1.165) is 16.6 Å². The Bertz CT molecular complexity index is 1120. The number of para-hydroxylation sites is 1. The van der Waals surface area contributed by atoms with Crippen LogP contribution in [0.5, 0.6) is 5.75 Å². The van der Waals surface area contributed by atoms with Gasteiger partial charge in [-0.3, -0.25) is 9.69 Å². The second-order valence-electron chi connectivity index (χ2n) is 6.29. The molecule has 0 aliphatic carbocycles. The maximum atomic E-state index is 12.3. The van der Waals surface area contributed by atoms with Crippen LogP contribution in [0.15, 0.2) is 52.9 Å². The fourth-order valence-electron chi connectivity index (χ4n) is 3.02. The summed E-state index contributed by atoms with van der Waals surface area (Å²) >= 11 is 0. The number of hydrogen-bond donors (Lipinski definition) is 1. The van der Waals surface area contributed by atoms with Gasteiger partial charge in [0.1, 0.15) is 6.61 Å². The molecular formula is C22H18N2O5. The molecule has 2 heterocycles. The lowest BCUT2D eigenvalue weighted by Gasteiger charge is -2.11. The van der Waals surface area contributed by atoms with Crippen LogP contribution in [0.1, 0.15) is 16.1 Å². The van der Waals surface area contributed by atoms with Gasteiger partial charge >= 0.3 is 6.09 Å². The Morgan fingerprint density at radius 3 is 2.79 bits per heavy atom. The van der Waals surface area contributed by atoms with Crippen molar-refractivity contribution in [2.45, 2.75) is 0 Å². The zero-order chi connectivity index (χ0) is 20.2. The van der Waals surface area contributed by atoms with E-state index in [1.807, 2.05) is 36.4 Å². The number of benzene rings is 2. The molecule has 1 aliphatic rings. The van der Waals surface area contributed by atoms with Gasteiger partial charge in [0.15, 0.2) is 17.1 Å². The summed E-state index contributed by atoms with van der Waals surface area (Å²) in [5, 5.41) is 3.51. The number of carbonyl (C=O) groups is 2. The number of nitrogens with one attached hydrogen (secondary N) is 1. The van der Waals surface area contributed by atoms with Crippen molar-refractivity contribution in [3.8, 4) is 17.6 Å². The molecule has 1 fully saturated rings. The molecule has 0 saturated carbocycles. The van der Waals surface area contributed by atoms with Crippen LogP contribution < -0.4 is 15.0 Å². The minimum absolute atomic E-state index is 0.174. The molecule has 0 bridgehead atoms. The number of amides is 2. The van der Waals surface area contributed by atoms with Gasteiger partial charge in [-0.15, -0.1) is 0 Å². The first-order valence-corrected chi connectivity index (χ1v) is 9.03. The van der Waals surface area contributed by atoms with Gasteiger partial charge < -0.3 is 19.2 Å². The summed E-state index contributed by atoms with van der Waals surface area (Å²) in [6.45, 7) is 1.12. The van der Waals surface area contributed by atoms with Crippen molar-refractivity contribution in [1.29, 1.82) is 0 Å². The van der Waals surface area contributed by atoms with Gasteiger partial charge in [-0.1, -0.05) is 24.0 Å². The smallest absolute Gasteiger partial charge is 0.414 e. The molecule has 7 nitrogen and oxygen atoms in total. The number of carbonyl (C=O) groups excluding carboxylic acids is 2. The number of anilines is 1. The van der Waals surface area contributed by atoms with Crippen molar-refractivity contribution in [2.24, 2.45) is 0 Å². The third-order valence-electron chi connectivity index (χ3n) is 4.46. The van der Waals surface area contributed by atoms with Crippen LogP contribution in [-0.2, 0) is 4.74 Å². The summed E-state index contributed by atoms with van der Waals surface area (Å²) in [7, 11) is 1.55. The number of rotatable bonds is 4. The minimum Gasteiger partial charge on any atom is -0.493 e. The molecule has 3 aromatic rings. The molecular weight excluding hydrogens is 372 g/mol. The molecule has 1 aromatic heterocycles. The van der Waals surface area contributed by atoms with E-state index < -0.39 is 0 Å². The van der Waals surface area contributed by atoms with E-state index in [1.165, 1.54) is 0 Å². The van der Waals surface area contributed by atoms with Crippen LogP contribution in [0.3, 0.4) is 0 Å². The Labute approximate surface area is 167 Å². The normalized spacial score (nSPS) is 13.0. The molecule has 29 heavy (non-hydrogen) atoms. The zero-order valence-electron chi connectivity index (χ0n) is 15.7. The lowest BCUT2D eigenvalue weighted by atomic mass is 10.2. The van der Waals surface area contributed by atoms with Gasteiger partial charge in [-0.25, -0.2) is 4.79 Å². The van der Waals surface area contributed by atoms with E-state index in [2.05, 4.69) is 17.2 Å². The van der Waals surface area contributed by atoms with E-state index in [1.54, 1.807) is 24.1 Å². The Morgan fingerprint density at radius 1 is 1.24 bits per heavy atom. The fourth-order valence-corrected chi connectivity index (χ4v) is 3.02. The van der Waals surface area contributed by atoms with Gasteiger partial charge in [-0.05, 0) is 36.4 Å². The number of furan rings is 1. The highest BCUT2D eigenvalue weighted by molar-refractivity contribution is 5.97. The molecule has 1 aliphatic heterocycles. The van der Waals surface area contributed by atoms with Crippen molar-refractivity contribution in [1.82, 2.24) is 5.32 Å². The summed E-state index contributed by atoms with van der Waals surface area (Å²) in [4.78, 5) is 25.4. The van der Waals surface area contributed by atoms with E-state index in [0.29, 0.717) is 24.5 Å². The lowest BCUT2D eigenvalue weighted by Crippen LogP contribution is -2.23. The molecule has 2 aromatic carbocycles. The Morgan fingerprint density at radius 2 is 2.07 bits per heavy atom. The molecule has 7 heteroatoms. The number of cyclic esters (lactones) is 1. The van der Waals surface area contributed by atoms with Gasteiger partial charge in [-0.2, -0.15) is 0 Å². The number of fused-ring (bicyclic) bond motifs is 1. The molecule has 1 N–H and O–H groups in total. The van der Waals surface area contributed by atoms with Crippen LogP contribution in [0.2, 0.25) is 0 Å². The van der Waals surface area contributed by atoms with E-state index in [-0.39, 0.29) is 24.3 Å². The monoisotopic (exact) mass is 390 g/mol. The molecule has 0 unspecified atom stereocenters. The fraction of sp³-hybridized carbons (Fsp3) is 0.182. The molecule has 0 spiro atoms. The number of nitrogens with zero attached hydrogens (tertiary/aromatic N) is 1. The first-order chi connectivity index (χ1) is 14.2. The average Bonchev–Trinajstić information content (AvgIpc) is 3.37. The second kappa shape index (κ2) is 7.98. The van der Waals surface area contributed by atoms with Gasteiger partial charge in [0.25, 0.3) is 5.91 Å². The zero-order valence-corrected chi connectivity index (χ0v) is 15.7. The third kappa shape index (κ3) is 3.87. The molecule has 2 amide bonds. The highest BCUT2D eigenvalue weighted by Crippen LogP contribution is 2.28. The first kappa shape index (κ1) is 18.4. The summed E-state index contributed by atoms with van der Waals surface area (Å²) in [5.41, 5.74) is 2.09. The first-order valence-electron chi connectivity index (χ1n) is 9.03. The quantitative estimate of drug-likeness (QED) is 0.692. The van der Waals surface area contributed by atoms with Gasteiger partial charge in [0, 0.05) is 16.6 Å². The van der Waals surface area contributed by atoms with Crippen molar-refractivity contribution >= 4 is 28.7 Å². The highest BCUT2D eigenvalue weighted by Gasteiger charge is 2.23. The minimum atomic E-state index is -0.347. The van der Waals surface area contributed by atoms with Crippen LogP contribution >= 0.6 is 0 Å². The number of methoxy groups -OCH3 is 1. The van der Waals surface area contributed by atoms with Crippen molar-refractivity contribution < 1.29 is 23.5 Å². The Hall–Kier alpha value is -3.92. The van der Waals surface area contributed by atoms with Gasteiger partial charge in [0.2, 0.25) is 0 Å². The van der Waals surface area contributed by atoms with Crippen molar-refractivity contribution in [3.63, 3.8) is 0 Å². The topological polar surface area (TPSA) is 81.0 Å². The van der Waals surface area contributed by atoms with E-state index in [9.17, 15) is 9.59 Å². The lowest BCUT2D eigenvalue weighted by molar-refractivity contribution is 0.0933. The maximum Gasteiger partial charge on any atom is 0.414 e. The molecule has 4 rings (SSSR count). The number of ether oxygens (including phenoxy) is 2. The predicted octanol–water partition coefficient (Wildman–Crippen LogP) is 3.18. The van der Waals surface area contributed by atoms with E-state index >= 15 is 0 Å². The van der Waals surface area contributed by atoms with E-state index in [4.69, 9.17) is 13.9 Å². The van der Waals surface area contributed by atoms with Crippen molar-refractivity contribution in [3.05, 3.63) is 59.9 Å². The molecule has 0 atom stereocenters. The Kier molecular flexibility index (Phi) is 5.08. The highest BCUT2D eigenvalue weighted by atomic mass is 16.6. The largest absolute Gasteiger partial charge is 0.493 e. The second-order valence-corrected chi connectivity index (χ2v) is 6.29. The molecule has 0 radical (unpaired) electrons. The standard InChI is InChI=1S/C22H18N2O5/c1-27-18-6-2-5-16-14-19(29-20(16)18)21(25)23-11-3-4-15-7-9-17(10-8-15)24-12-13-28-22(24)26/h2,5-10,14H,11-13H2,1H3,(H,23,25). The summed E-state index contributed by atoms with van der Waals surface area (Å²) in [5.74, 6) is 6.31. The van der Waals surface area contributed by atoms with Gasteiger partial charge in [0.05, 0.1) is 20.2 Å². The summed E-state index contributed by atoms with van der Waals surface area (Å²) in [6, 6.07) is 14.4. The average molecular weight is 390 g/mol. The van der Waals surface area contributed by atoms with Crippen LogP contribution in [0.25, 0.3) is 11.0 Å². The SMILES string of the molecule is COc1cccc2cc(C(=O)NCC#Cc3ccc(N4CCOC4=O)cc3)oc12. The maximum absolute atomic E-state index is 12.3. The predicted molar refractivity (Wildman–Crippen MR) is 107 cm³/mol. The van der Waals surface area contributed by atoms with Crippen LogP contribution in [0, 0.1) is 11.8 Å².